The molecule has 0 atom stereocenters. The summed E-state index contributed by atoms with van der Waals surface area (Å²) in [7, 11) is 0. The number of H-pyrrole nitrogens is 1. The predicted molar refractivity (Wildman–Crippen MR) is 113 cm³/mol. The lowest BCUT2D eigenvalue weighted by molar-refractivity contribution is -0.148. The molecule has 1 aromatic heterocycles. The van der Waals surface area contributed by atoms with Crippen LogP contribution in [0.2, 0.25) is 0 Å². The first kappa shape index (κ1) is 23.6. The van der Waals surface area contributed by atoms with E-state index in [0.29, 0.717) is 5.56 Å². The van der Waals surface area contributed by atoms with Crippen LogP contribution in [0.1, 0.15) is 15.9 Å². The van der Waals surface area contributed by atoms with Gasteiger partial charge in [-0.15, -0.1) is 0 Å². The number of benzene rings is 2. The normalized spacial score (nSPS) is 15.1. The monoisotopic (exact) mass is 482 g/mol. The summed E-state index contributed by atoms with van der Waals surface area (Å²) in [6.45, 7) is -1.20. The molecule has 1 fully saturated rings. The summed E-state index contributed by atoms with van der Waals surface area (Å²) >= 11 is 0. The number of hydrogen-bond acceptors (Lipinski definition) is 4. The number of carbonyl (C=O) groups excluding carboxylic acids is 1. The highest BCUT2D eigenvalue weighted by atomic mass is 19.4. The number of piperazine rings is 1. The van der Waals surface area contributed by atoms with E-state index >= 15 is 0 Å². The van der Waals surface area contributed by atoms with E-state index in [1.54, 1.807) is 0 Å². The van der Waals surface area contributed by atoms with Gasteiger partial charge >= 0.3 is 11.9 Å². The van der Waals surface area contributed by atoms with Gasteiger partial charge in [0.05, 0.1) is 29.6 Å². The molecule has 0 aliphatic carbocycles. The number of alkyl halides is 3. The van der Waals surface area contributed by atoms with Gasteiger partial charge in [-0.3, -0.25) is 24.0 Å². The largest absolute Gasteiger partial charge is 0.401 e. The zero-order valence-electron chi connectivity index (χ0n) is 17.7. The lowest BCUT2D eigenvalue weighted by Gasteiger charge is -2.35. The van der Waals surface area contributed by atoms with Gasteiger partial charge in [-0.05, 0) is 35.9 Å². The van der Waals surface area contributed by atoms with Crippen LogP contribution in [-0.4, -0.2) is 64.2 Å². The second-order valence-corrected chi connectivity index (χ2v) is 8.00. The average molecular weight is 482 g/mol. The van der Waals surface area contributed by atoms with E-state index in [1.165, 1.54) is 28.0 Å². The third-order valence-corrected chi connectivity index (χ3v) is 5.62. The molecule has 1 saturated heterocycles. The molecule has 0 radical (unpaired) electrons. The van der Waals surface area contributed by atoms with E-state index in [4.69, 9.17) is 0 Å². The summed E-state index contributed by atoms with van der Waals surface area (Å²) in [5, 5.41) is -0.0465. The number of carbonyl (C=O) groups is 1. The SMILES string of the molecule is O=C(c1cc(Cn2c(=O)[nH]c(=O)c3cc(F)ccc32)ccc1F)N1CCN(CC(F)(F)F)CC1. The number of nitrogens with one attached hydrogen (secondary N) is 1. The molecule has 1 aliphatic rings. The summed E-state index contributed by atoms with van der Waals surface area (Å²) in [6, 6.07) is 7.03. The van der Waals surface area contributed by atoms with Crippen LogP contribution in [0.5, 0.6) is 0 Å². The quantitative estimate of drug-likeness (QED) is 0.580. The molecule has 0 saturated carbocycles. The van der Waals surface area contributed by atoms with Gasteiger partial charge in [-0.1, -0.05) is 6.07 Å². The van der Waals surface area contributed by atoms with Crippen molar-refractivity contribution in [1.29, 1.82) is 0 Å². The van der Waals surface area contributed by atoms with Crippen molar-refractivity contribution in [2.75, 3.05) is 32.7 Å². The zero-order valence-corrected chi connectivity index (χ0v) is 17.7. The Morgan fingerprint density at radius 3 is 2.35 bits per heavy atom. The van der Waals surface area contributed by atoms with Gasteiger partial charge in [0.15, 0.2) is 0 Å². The van der Waals surface area contributed by atoms with Crippen LogP contribution in [0.25, 0.3) is 10.9 Å². The van der Waals surface area contributed by atoms with Gasteiger partial charge < -0.3 is 4.90 Å². The molecule has 2 aromatic carbocycles. The molecular weight excluding hydrogens is 463 g/mol. The molecule has 7 nitrogen and oxygen atoms in total. The summed E-state index contributed by atoms with van der Waals surface area (Å²) in [5.41, 5.74) is -1.28. The standard InChI is InChI=1S/C22H19F5N4O3/c23-14-2-4-18-16(10-14)19(32)28-21(34)31(18)11-13-1-3-17(24)15(9-13)20(33)30-7-5-29(6-8-30)12-22(25,26)27/h1-4,9-10H,5-8,11-12H2,(H,28,32,34). The van der Waals surface area contributed by atoms with Crippen LogP contribution in [-0.2, 0) is 6.54 Å². The Hall–Kier alpha value is -3.54. The number of aromatic amines is 1. The van der Waals surface area contributed by atoms with Crippen molar-refractivity contribution in [2.24, 2.45) is 0 Å². The number of halogens is 5. The lowest BCUT2D eigenvalue weighted by atomic mass is 10.1. The van der Waals surface area contributed by atoms with Crippen LogP contribution >= 0.6 is 0 Å². The summed E-state index contributed by atoms with van der Waals surface area (Å²) in [5.74, 6) is -2.15. The molecule has 12 heteroatoms. The van der Waals surface area contributed by atoms with E-state index in [2.05, 4.69) is 4.98 Å². The number of aromatic nitrogens is 2. The molecular formula is C22H19F5N4O3. The Morgan fingerprint density at radius 1 is 0.971 bits per heavy atom. The summed E-state index contributed by atoms with van der Waals surface area (Å²) in [6.07, 6.45) is -4.34. The molecule has 180 valence electrons. The van der Waals surface area contributed by atoms with E-state index in [1.807, 2.05) is 0 Å². The van der Waals surface area contributed by atoms with Gasteiger partial charge in [-0.2, -0.15) is 13.2 Å². The van der Waals surface area contributed by atoms with Crippen molar-refractivity contribution in [3.63, 3.8) is 0 Å². The number of fused-ring (bicyclic) bond motifs is 1. The fraction of sp³-hybridized carbons (Fsp3) is 0.318. The minimum absolute atomic E-state index is 0.00187. The zero-order chi connectivity index (χ0) is 24.6. The van der Waals surface area contributed by atoms with Crippen molar-refractivity contribution in [3.05, 3.63) is 80.0 Å². The minimum atomic E-state index is -4.34. The topological polar surface area (TPSA) is 78.4 Å². The van der Waals surface area contributed by atoms with Gasteiger partial charge in [0, 0.05) is 26.2 Å². The second-order valence-electron chi connectivity index (χ2n) is 8.00. The molecule has 0 unspecified atom stereocenters. The van der Waals surface area contributed by atoms with E-state index in [0.717, 1.165) is 22.8 Å². The van der Waals surface area contributed by atoms with Crippen LogP contribution in [0, 0.1) is 11.6 Å². The molecule has 3 aromatic rings. The number of hydrogen-bond donors (Lipinski definition) is 1. The number of rotatable bonds is 4. The maximum Gasteiger partial charge on any atom is 0.401 e. The van der Waals surface area contributed by atoms with Crippen molar-refractivity contribution >= 4 is 16.8 Å². The van der Waals surface area contributed by atoms with Gasteiger partial charge in [0.1, 0.15) is 11.6 Å². The van der Waals surface area contributed by atoms with E-state index in [-0.39, 0.29) is 49.2 Å². The summed E-state index contributed by atoms with van der Waals surface area (Å²) in [4.78, 5) is 41.8. The highest BCUT2D eigenvalue weighted by Gasteiger charge is 2.33. The Balaban J connectivity index is 1.58. The van der Waals surface area contributed by atoms with Gasteiger partial charge in [-0.25, -0.2) is 13.6 Å². The Kier molecular flexibility index (Phi) is 6.26. The third kappa shape index (κ3) is 5.01. The highest BCUT2D eigenvalue weighted by molar-refractivity contribution is 5.94. The Morgan fingerprint density at radius 2 is 1.68 bits per heavy atom. The van der Waals surface area contributed by atoms with Crippen LogP contribution in [0.3, 0.4) is 0 Å². The van der Waals surface area contributed by atoms with E-state index < -0.39 is 41.5 Å². The van der Waals surface area contributed by atoms with Crippen molar-refractivity contribution in [1.82, 2.24) is 19.4 Å². The molecule has 1 amide bonds. The molecule has 4 rings (SSSR count). The second kappa shape index (κ2) is 9.01. The third-order valence-electron chi connectivity index (χ3n) is 5.62. The average Bonchev–Trinajstić information content (AvgIpc) is 2.77. The lowest BCUT2D eigenvalue weighted by Crippen LogP contribution is -2.51. The van der Waals surface area contributed by atoms with Gasteiger partial charge in [0.2, 0.25) is 0 Å². The highest BCUT2D eigenvalue weighted by Crippen LogP contribution is 2.20. The van der Waals surface area contributed by atoms with Crippen molar-refractivity contribution < 1.29 is 26.7 Å². The van der Waals surface area contributed by atoms with Crippen LogP contribution in [0.4, 0.5) is 22.0 Å². The fourth-order valence-electron chi connectivity index (χ4n) is 3.97. The molecule has 1 N–H and O–H groups in total. The summed E-state index contributed by atoms with van der Waals surface area (Å²) < 4.78 is 66.9. The Labute approximate surface area is 189 Å². The molecule has 1 aliphatic heterocycles. The molecule has 34 heavy (non-hydrogen) atoms. The molecule has 0 bridgehead atoms. The van der Waals surface area contributed by atoms with Crippen molar-refractivity contribution in [3.8, 4) is 0 Å². The molecule has 0 spiro atoms. The smallest absolute Gasteiger partial charge is 0.336 e. The first-order valence-electron chi connectivity index (χ1n) is 10.3. The first-order valence-corrected chi connectivity index (χ1v) is 10.3. The number of nitrogens with zero attached hydrogens (tertiary/aromatic N) is 3. The minimum Gasteiger partial charge on any atom is -0.336 e. The van der Waals surface area contributed by atoms with Crippen molar-refractivity contribution in [2.45, 2.75) is 12.7 Å². The predicted octanol–water partition coefficient (Wildman–Crippen LogP) is 2.34. The van der Waals surface area contributed by atoms with Crippen LogP contribution in [0.15, 0.2) is 46.0 Å². The maximum absolute atomic E-state index is 14.5. The molecule has 2 heterocycles. The van der Waals surface area contributed by atoms with E-state index in [9.17, 15) is 36.3 Å². The number of amides is 1. The van der Waals surface area contributed by atoms with Crippen LogP contribution < -0.4 is 11.2 Å². The maximum atomic E-state index is 14.5. The fourth-order valence-corrected chi connectivity index (χ4v) is 3.97. The first-order chi connectivity index (χ1) is 16.0. The Bertz CT molecular complexity index is 1360. The van der Waals surface area contributed by atoms with Gasteiger partial charge in [0.25, 0.3) is 11.5 Å².